The number of rotatable bonds is 6. The predicted molar refractivity (Wildman–Crippen MR) is 82.3 cm³/mol. The Labute approximate surface area is 126 Å². The van der Waals surface area contributed by atoms with Crippen LogP contribution < -0.4 is 0 Å². The van der Waals surface area contributed by atoms with Crippen LogP contribution in [-0.2, 0) is 9.53 Å². The van der Waals surface area contributed by atoms with Crippen molar-refractivity contribution in [2.24, 2.45) is 5.92 Å². The van der Waals surface area contributed by atoms with Gasteiger partial charge in [0.2, 0.25) is 0 Å². The number of benzene rings is 1. The molecule has 4 nitrogen and oxygen atoms in total. The summed E-state index contributed by atoms with van der Waals surface area (Å²) in [5, 5.41) is 9.38. The van der Waals surface area contributed by atoms with Gasteiger partial charge >= 0.3 is 5.97 Å². The van der Waals surface area contributed by atoms with Crippen LogP contribution in [0.3, 0.4) is 0 Å². The Morgan fingerprint density at radius 1 is 1.33 bits per heavy atom. The van der Waals surface area contributed by atoms with Gasteiger partial charge in [0.15, 0.2) is 0 Å². The van der Waals surface area contributed by atoms with Crippen LogP contribution in [0.25, 0.3) is 0 Å². The summed E-state index contributed by atoms with van der Waals surface area (Å²) in [6.45, 7) is 7.97. The average Bonchev–Trinajstić information content (AvgIpc) is 2.95. The van der Waals surface area contributed by atoms with Gasteiger partial charge in [0, 0.05) is 12.1 Å². The van der Waals surface area contributed by atoms with Crippen LogP contribution in [0.4, 0.5) is 0 Å². The van der Waals surface area contributed by atoms with Gasteiger partial charge in [0.25, 0.3) is 0 Å². The van der Waals surface area contributed by atoms with E-state index >= 15 is 0 Å². The van der Waals surface area contributed by atoms with E-state index in [1.807, 2.05) is 0 Å². The van der Waals surface area contributed by atoms with Gasteiger partial charge in [-0.3, -0.25) is 9.69 Å². The highest BCUT2D eigenvalue weighted by Gasteiger charge is 2.39. The number of aliphatic carboxylic acids is 1. The van der Waals surface area contributed by atoms with E-state index in [1.165, 1.54) is 11.1 Å². The molecule has 3 atom stereocenters. The van der Waals surface area contributed by atoms with E-state index in [9.17, 15) is 9.90 Å². The summed E-state index contributed by atoms with van der Waals surface area (Å²) in [6.07, 6.45) is 0.958. The van der Waals surface area contributed by atoms with Crippen LogP contribution in [0.5, 0.6) is 0 Å². The largest absolute Gasteiger partial charge is 0.481 e. The Morgan fingerprint density at radius 2 is 2.00 bits per heavy atom. The first kappa shape index (κ1) is 16.0. The molecule has 3 unspecified atom stereocenters. The molecule has 1 aliphatic heterocycles. The maximum atomic E-state index is 11.4. The first-order valence-electron chi connectivity index (χ1n) is 7.71. The van der Waals surface area contributed by atoms with Crippen molar-refractivity contribution in [3.63, 3.8) is 0 Å². The molecule has 1 fully saturated rings. The lowest BCUT2D eigenvalue weighted by molar-refractivity contribution is -0.143. The second kappa shape index (κ2) is 7.05. The molecule has 0 spiro atoms. The van der Waals surface area contributed by atoms with Crippen molar-refractivity contribution >= 4 is 5.97 Å². The van der Waals surface area contributed by atoms with Crippen LogP contribution in [0.15, 0.2) is 24.3 Å². The minimum absolute atomic E-state index is 0.0428. The third-order valence-corrected chi connectivity index (χ3v) is 4.41. The fraction of sp³-hybridized carbons (Fsp3) is 0.588. The number of nitrogens with zero attached hydrogens (tertiary/aromatic N) is 1. The Balaban J connectivity index is 2.25. The lowest BCUT2D eigenvalue weighted by Gasteiger charge is -2.36. The molecule has 0 aromatic heterocycles. The minimum Gasteiger partial charge on any atom is -0.481 e. The topological polar surface area (TPSA) is 49.8 Å². The van der Waals surface area contributed by atoms with E-state index in [2.05, 4.69) is 49.9 Å². The first-order chi connectivity index (χ1) is 10.1. The number of carbonyl (C=O) groups is 1. The fourth-order valence-corrected chi connectivity index (χ4v) is 3.24. The summed E-state index contributed by atoms with van der Waals surface area (Å²) < 4.78 is 5.44. The van der Waals surface area contributed by atoms with Crippen LogP contribution in [-0.4, -0.2) is 41.8 Å². The monoisotopic (exact) mass is 291 g/mol. The third kappa shape index (κ3) is 3.44. The van der Waals surface area contributed by atoms with Gasteiger partial charge in [-0.2, -0.15) is 0 Å². The smallest absolute Gasteiger partial charge is 0.310 e. The normalized spacial score (nSPS) is 23.4. The predicted octanol–water partition coefficient (Wildman–Crippen LogP) is 2.87. The highest BCUT2D eigenvalue weighted by molar-refractivity contribution is 5.71. The molecule has 1 N–H and O–H groups in total. The molecule has 0 bridgehead atoms. The van der Waals surface area contributed by atoms with Crippen molar-refractivity contribution in [2.45, 2.75) is 39.3 Å². The van der Waals surface area contributed by atoms with E-state index in [0.29, 0.717) is 13.2 Å². The molecule has 4 heteroatoms. The molecule has 0 radical (unpaired) electrons. The van der Waals surface area contributed by atoms with Gasteiger partial charge < -0.3 is 9.84 Å². The SMILES string of the molecule is CCC(c1ccc(C)cc1)N(CC)C1COCC1C(=O)O. The molecule has 2 rings (SSSR count). The molecular weight excluding hydrogens is 266 g/mol. The van der Waals surface area contributed by atoms with Gasteiger partial charge in [-0.25, -0.2) is 0 Å². The van der Waals surface area contributed by atoms with E-state index in [0.717, 1.165) is 13.0 Å². The number of hydrogen-bond acceptors (Lipinski definition) is 3. The number of carboxylic acids is 1. The summed E-state index contributed by atoms with van der Waals surface area (Å²) >= 11 is 0. The lowest BCUT2D eigenvalue weighted by atomic mass is 9.95. The Kier molecular flexibility index (Phi) is 5.37. The molecule has 1 aromatic rings. The molecule has 21 heavy (non-hydrogen) atoms. The molecular formula is C17H25NO3. The van der Waals surface area contributed by atoms with Crippen molar-refractivity contribution in [2.75, 3.05) is 19.8 Å². The van der Waals surface area contributed by atoms with Crippen molar-refractivity contribution in [1.29, 1.82) is 0 Å². The molecule has 0 aliphatic carbocycles. The molecule has 1 aromatic carbocycles. The van der Waals surface area contributed by atoms with Crippen LogP contribution >= 0.6 is 0 Å². The summed E-state index contributed by atoms with van der Waals surface area (Å²) in [6, 6.07) is 8.73. The van der Waals surface area contributed by atoms with E-state index in [4.69, 9.17) is 4.74 Å². The number of likely N-dealkylation sites (N-methyl/N-ethyl adjacent to an activating group) is 1. The van der Waals surface area contributed by atoms with Crippen LogP contribution in [0, 0.1) is 12.8 Å². The number of aryl methyl sites for hydroxylation is 1. The zero-order valence-electron chi connectivity index (χ0n) is 13.1. The number of hydrogen-bond donors (Lipinski definition) is 1. The van der Waals surface area contributed by atoms with Crippen LogP contribution in [0.2, 0.25) is 0 Å². The van der Waals surface area contributed by atoms with Crippen molar-refractivity contribution in [3.05, 3.63) is 35.4 Å². The maximum absolute atomic E-state index is 11.4. The summed E-state index contributed by atoms with van der Waals surface area (Å²) in [4.78, 5) is 13.7. The van der Waals surface area contributed by atoms with Crippen LogP contribution in [0.1, 0.15) is 37.4 Å². The van der Waals surface area contributed by atoms with Gasteiger partial charge in [-0.05, 0) is 25.5 Å². The first-order valence-corrected chi connectivity index (χ1v) is 7.71. The standard InChI is InChI=1S/C17H25NO3/c1-4-15(13-8-6-12(3)7-9-13)18(5-2)16-11-21-10-14(16)17(19)20/h6-9,14-16H,4-5,10-11H2,1-3H3,(H,19,20). The highest BCUT2D eigenvalue weighted by Crippen LogP contribution is 2.31. The Bertz CT molecular complexity index is 471. The van der Waals surface area contributed by atoms with Gasteiger partial charge in [-0.1, -0.05) is 43.7 Å². The molecule has 1 heterocycles. The van der Waals surface area contributed by atoms with E-state index < -0.39 is 11.9 Å². The fourth-order valence-electron chi connectivity index (χ4n) is 3.24. The molecule has 0 amide bonds. The summed E-state index contributed by atoms with van der Waals surface area (Å²) in [5.41, 5.74) is 2.49. The Hall–Kier alpha value is -1.39. The number of carboxylic acid groups (broad SMARTS) is 1. The molecule has 1 aliphatic rings. The second-order valence-electron chi connectivity index (χ2n) is 5.71. The zero-order chi connectivity index (χ0) is 15.4. The highest BCUT2D eigenvalue weighted by atomic mass is 16.5. The summed E-state index contributed by atoms with van der Waals surface area (Å²) in [7, 11) is 0. The van der Waals surface area contributed by atoms with E-state index in [-0.39, 0.29) is 12.1 Å². The molecule has 116 valence electrons. The summed E-state index contributed by atoms with van der Waals surface area (Å²) in [5.74, 6) is -1.18. The van der Waals surface area contributed by atoms with Gasteiger partial charge in [0.1, 0.15) is 0 Å². The Morgan fingerprint density at radius 3 is 2.52 bits per heavy atom. The van der Waals surface area contributed by atoms with Gasteiger partial charge in [0.05, 0.1) is 19.1 Å². The molecule has 1 saturated heterocycles. The van der Waals surface area contributed by atoms with E-state index in [1.54, 1.807) is 0 Å². The maximum Gasteiger partial charge on any atom is 0.310 e. The number of ether oxygens (including phenoxy) is 1. The minimum atomic E-state index is -0.755. The average molecular weight is 291 g/mol. The zero-order valence-corrected chi connectivity index (χ0v) is 13.1. The quantitative estimate of drug-likeness (QED) is 0.875. The van der Waals surface area contributed by atoms with Crippen molar-refractivity contribution < 1.29 is 14.6 Å². The molecule has 0 saturated carbocycles. The van der Waals surface area contributed by atoms with Crippen molar-refractivity contribution in [3.8, 4) is 0 Å². The van der Waals surface area contributed by atoms with Crippen molar-refractivity contribution in [1.82, 2.24) is 4.90 Å². The lowest BCUT2D eigenvalue weighted by Crippen LogP contribution is -2.44. The van der Waals surface area contributed by atoms with Gasteiger partial charge in [-0.15, -0.1) is 0 Å². The third-order valence-electron chi connectivity index (χ3n) is 4.41. The second-order valence-corrected chi connectivity index (χ2v) is 5.71.